The molecule has 0 rings (SSSR count). The minimum atomic E-state index is 0. The van der Waals surface area contributed by atoms with Gasteiger partial charge in [-0.15, -0.1) is 0 Å². The van der Waals surface area contributed by atoms with Gasteiger partial charge in [0, 0.05) is 0 Å². The fourth-order valence-electron chi connectivity index (χ4n) is 0.277. The average molecular weight is 325 g/mol. The van der Waals surface area contributed by atoms with E-state index in [2.05, 4.69) is 20.6 Å². The van der Waals surface area contributed by atoms with Gasteiger partial charge in [0.2, 0.25) is 0 Å². The third-order valence-electron chi connectivity index (χ3n) is 1.62. The summed E-state index contributed by atoms with van der Waals surface area (Å²) in [6.07, 6.45) is 0. The zero-order valence-electron chi connectivity index (χ0n) is 10.8. The second-order valence-electron chi connectivity index (χ2n) is 2.72. The van der Waals surface area contributed by atoms with Gasteiger partial charge in [0.25, 0.3) is 0 Å². The zero-order chi connectivity index (χ0) is 13.1. The molecule has 0 aliphatic rings. The third kappa shape index (κ3) is 16.3. The first kappa shape index (κ1) is 30.4. The maximum Gasteiger partial charge on any atom is 2.00 e. The van der Waals surface area contributed by atoms with Gasteiger partial charge in [0.15, 0.2) is 0 Å². The van der Waals surface area contributed by atoms with Gasteiger partial charge in [-0.05, 0) is 27.7 Å². The van der Waals surface area contributed by atoms with Crippen LogP contribution in [0, 0.1) is 10.4 Å². The molecule has 1 radical (unpaired) electrons. The molecule has 0 aromatic carbocycles. The van der Waals surface area contributed by atoms with Crippen LogP contribution in [0.25, 0.3) is 0 Å². The number of hydrogen-bond acceptors (Lipinski definition) is 8. The van der Waals surface area contributed by atoms with E-state index < -0.39 is 0 Å². The fraction of sp³-hybridized carbons (Fsp3) is 0.500. The van der Waals surface area contributed by atoms with E-state index in [0.717, 1.165) is 0 Å². The third-order valence-corrected chi connectivity index (χ3v) is 1.62. The quantitative estimate of drug-likeness (QED) is 0.407. The SMILES string of the molecule is CC(=N\[O-])/C(C)=N/O.CC(=N\[O-])/C(C)=N/O.O.O.[Co+2]. The van der Waals surface area contributed by atoms with Gasteiger partial charge in [-0.2, -0.15) is 0 Å². The van der Waals surface area contributed by atoms with Gasteiger partial charge in [0.05, 0.1) is 22.8 Å². The molecular weight excluding hydrogens is 307 g/mol. The van der Waals surface area contributed by atoms with E-state index in [1.165, 1.54) is 27.7 Å². The Morgan fingerprint density at radius 3 is 0.947 bits per heavy atom. The molecule has 0 saturated heterocycles. The second-order valence-corrected chi connectivity index (χ2v) is 2.72. The van der Waals surface area contributed by atoms with Crippen LogP contribution in [0.4, 0.5) is 0 Å². The summed E-state index contributed by atoms with van der Waals surface area (Å²) in [6.45, 7) is 5.94. The maximum absolute atomic E-state index is 9.63. The summed E-state index contributed by atoms with van der Waals surface area (Å²) in [4.78, 5) is 0. The van der Waals surface area contributed by atoms with E-state index in [4.69, 9.17) is 10.4 Å². The number of oxime groups is 2. The van der Waals surface area contributed by atoms with Crippen LogP contribution in [0.15, 0.2) is 20.6 Å². The normalized spacial score (nSPS) is 12.0. The molecule has 0 unspecified atom stereocenters. The molecule has 0 aromatic heterocycles. The van der Waals surface area contributed by atoms with Crippen LogP contribution in [0.5, 0.6) is 0 Å². The van der Waals surface area contributed by atoms with Crippen LogP contribution >= 0.6 is 0 Å². The minimum Gasteiger partial charge on any atom is -0.792 e. The topological polar surface area (TPSA) is 199 Å². The summed E-state index contributed by atoms with van der Waals surface area (Å²) in [5.74, 6) is 0. The van der Waals surface area contributed by atoms with Crippen molar-refractivity contribution < 1.29 is 38.1 Å². The Morgan fingerprint density at radius 1 is 0.684 bits per heavy atom. The smallest absolute Gasteiger partial charge is 0.792 e. The van der Waals surface area contributed by atoms with E-state index in [9.17, 15) is 10.4 Å². The monoisotopic (exact) mass is 325 g/mol. The Balaban J connectivity index is -0.0000000594. The molecule has 0 aliphatic heterocycles. The molecule has 0 amide bonds. The van der Waals surface area contributed by atoms with Crippen molar-refractivity contribution in [3.05, 3.63) is 10.4 Å². The largest absolute Gasteiger partial charge is 2.00 e. The zero-order valence-corrected chi connectivity index (χ0v) is 11.9. The van der Waals surface area contributed by atoms with Gasteiger partial charge in [-0.25, -0.2) is 0 Å². The minimum absolute atomic E-state index is 0. The molecule has 0 aliphatic carbocycles. The first-order valence-corrected chi connectivity index (χ1v) is 4.16. The molecule has 10 nitrogen and oxygen atoms in total. The Labute approximate surface area is 120 Å². The van der Waals surface area contributed by atoms with Crippen LogP contribution in [0.2, 0.25) is 0 Å². The molecule has 0 atom stereocenters. The summed E-state index contributed by atoms with van der Waals surface area (Å²) in [5, 5.41) is 45.8. The van der Waals surface area contributed by atoms with Gasteiger partial charge < -0.3 is 42.1 Å². The predicted molar refractivity (Wildman–Crippen MR) is 70.0 cm³/mol. The molecule has 0 spiro atoms. The van der Waals surface area contributed by atoms with Gasteiger partial charge in [-0.1, -0.05) is 10.3 Å². The van der Waals surface area contributed by atoms with Crippen molar-refractivity contribution in [2.24, 2.45) is 20.6 Å². The fourth-order valence-corrected chi connectivity index (χ4v) is 0.277. The second kappa shape index (κ2) is 18.7. The van der Waals surface area contributed by atoms with Crippen LogP contribution < -0.4 is 0 Å². The molecule has 0 bridgehead atoms. The van der Waals surface area contributed by atoms with Crippen LogP contribution in [-0.2, 0) is 16.8 Å². The number of nitrogens with zero attached hydrogens (tertiary/aromatic N) is 4. The molecule has 0 aromatic rings. The molecule has 11 heteroatoms. The van der Waals surface area contributed by atoms with Crippen molar-refractivity contribution in [2.75, 3.05) is 0 Å². The van der Waals surface area contributed by atoms with Crippen molar-refractivity contribution in [3.8, 4) is 0 Å². The Kier molecular flexibility index (Phi) is 29.9. The molecular formula is C8H18CoN4O6. The first-order valence-electron chi connectivity index (χ1n) is 4.16. The van der Waals surface area contributed by atoms with E-state index in [-0.39, 0.29) is 50.6 Å². The molecule has 115 valence electrons. The summed E-state index contributed by atoms with van der Waals surface area (Å²) >= 11 is 0. The van der Waals surface area contributed by atoms with Gasteiger partial charge in [-0.3, -0.25) is 0 Å². The Hall–Kier alpha value is -1.69. The average Bonchev–Trinajstić information content (AvgIpc) is 2.35. The van der Waals surface area contributed by atoms with Crippen molar-refractivity contribution in [1.29, 1.82) is 0 Å². The van der Waals surface area contributed by atoms with Gasteiger partial charge in [0.1, 0.15) is 0 Å². The molecule has 0 saturated carbocycles. The van der Waals surface area contributed by atoms with Crippen LogP contribution in [0.1, 0.15) is 27.7 Å². The van der Waals surface area contributed by atoms with Crippen LogP contribution in [0.3, 0.4) is 0 Å². The van der Waals surface area contributed by atoms with E-state index >= 15 is 0 Å². The van der Waals surface area contributed by atoms with Gasteiger partial charge >= 0.3 is 16.8 Å². The maximum atomic E-state index is 9.63. The number of rotatable bonds is 2. The van der Waals surface area contributed by atoms with Crippen molar-refractivity contribution in [1.82, 2.24) is 0 Å². The molecule has 0 fully saturated rings. The van der Waals surface area contributed by atoms with E-state index in [0.29, 0.717) is 0 Å². The van der Waals surface area contributed by atoms with Crippen LogP contribution in [-0.4, -0.2) is 44.2 Å². The standard InChI is InChI=1S/2C4H8N2O2.Co.2H2O/c2*1-3(5-7)4(2)6-8;;;/h2*7-8H,1-2H3;;2*1H2/q;;+2;;/p-2/b2*5-3+,6-4+;;;. The summed E-state index contributed by atoms with van der Waals surface area (Å²) in [6, 6.07) is 0. The number of hydrogen-bond donors (Lipinski definition) is 2. The summed E-state index contributed by atoms with van der Waals surface area (Å²) in [7, 11) is 0. The Bertz CT molecular complexity index is 265. The van der Waals surface area contributed by atoms with Crippen molar-refractivity contribution in [3.63, 3.8) is 0 Å². The van der Waals surface area contributed by atoms with Crippen molar-refractivity contribution >= 4 is 22.8 Å². The Morgan fingerprint density at radius 2 is 0.895 bits per heavy atom. The van der Waals surface area contributed by atoms with E-state index in [1.54, 1.807) is 0 Å². The predicted octanol–water partition coefficient (Wildman–Crippen LogP) is -0.0615. The molecule has 0 heterocycles. The van der Waals surface area contributed by atoms with E-state index in [1.807, 2.05) is 0 Å². The molecule has 19 heavy (non-hydrogen) atoms. The van der Waals surface area contributed by atoms with Crippen molar-refractivity contribution in [2.45, 2.75) is 27.7 Å². The molecule has 6 N–H and O–H groups in total. The summed E-state index contributed by atoms with van der Waals surface area (Å²) in [5.41, 5.74) is 0.903. The summed E-state index contributed by atoms with van der Waals surface area (Å²) < 4.78 is 0. The first-order chi connectivity index (χ1) is 7.44.